The Balaban J connectivity index is 2.29. The van der Waals surface area contributed by atoms with Crippen LogP contribution in [0.2, 0.25) is 0 Å². The summed E-state index contributed by atoms with van der Waals surface area (Å²) in [6, 6.07) is 3.99. The highest BCUT2D eigenvalue weighted by atomic mass is 19.4. The number of carbonyl (C=O) groups is 1. The molecule has 1 aliphatic rings. The van der Waals surface area contributed by atoms with E-state index in [2.05, 4.69) is 0 Å². The number of hydrogen-bond acceptors (Lipinski definition) is 3. The van der Waals surface area contributed by atoms with E-state index in [1.807, 2.05) is 0 Å². The van der Waals surface area contributed by atoms with E-state index in [-0.39, 0.29) is 11.5 Å². The molecule has 0 radical (unpaired) electrons. The molecular formula is C17H22F3NO3. The van der Waals surface area contributed by atoms with Gasteiger partial charge in [0, 0.05) is 11.6 Å². The summed E-state index contributed by atoms with van der Waals surface area (Å²) in [6.07, 6.45) is -2.72. The van der Waals surface area contributed by atoms with Crippen LogP contribution < -0.4 is 9.47 Å². The van der Waals surface area contributed by atoms with E-state index >= 15 is 0 Å². The van der Waals surface area contributed by atoms with Crippen LogP contribution in [0.5, 0.6) is 11.5 Å². The number of nitrogens with zero attached hydrogens (tertiary/aromatic N) is 1. The van der Waals surface area contributed by atoms with Crippen LogP contribution in [0.25, 0.3) is 0 Å². The van der Waals surface area contributed by atoms with Gasteiger partial charge in [0.15, 0.2) is 11.5 Å². The molecule has 2 rings (SSSR count). The van der Waals surface area contributed by atoms with Gasteiger partial charge in [-0.2, -0.15) is 13.2 Å². The van der Waals surface area contributed by atoms with Gasteiger partial charge < -0.3 is 14.4 Å². The van der Waals surface area contributed by atoms with Crippen LogP contribution in [0.4, 0.5) is 13.2 Å². The van der Waals surface area contributed by atoms with E-state index in [1.165, 1.54) is 25.3 Å². The number of rotatable bonds is 7. The van der Waals surface area contributed by atoms with Gasteiger partial charge in [0.25, 0.3) is 5.91 Å². The zero-order valence-corrected chi connectivity index (χ0v) is 14.0. The van der Waals surface area contributed by atoms with Crippen molar-refractivity contribution in [3.8, 4) is 11.5 Å². The highest BCUT2D eigenvalue weighted by Gasteiger charge is 2.40. The first-order valence-corrected chi connectivity index (χ1v) is 7.95. The van der Waals surface area contributed by atoms with Crippen LogP contribution in [0.15, 0.2) is 18.2 Å². The van der Waals surface area contributed by atoms with Gasteiger partial charge in [-0.25, -0.2) is 0 Å². The van der Waals surface area contributed by atoms with Crippen LogP contribution in [0.3, 0.4) is 0 Å². The Labute approximate surface area is 139 Å². The van der Waals surface area contributed by atoms with E-state index in [1.54, 1.807) is 13.8 Å². The van der Waals surface area contributed by atoms with Crippen LogP contribution in [0.1, 0.15) is 37.0 Å². The monoisotopic (exact) mass is 345 g/mol. The zero-order chi connectivity index (χ0) is 17.9. The lowest BCUT2D eigenvalue weighted by Gasteiger charge is -2.30. The minimum atomic E-state index is -4.44. The van der Waals surface area contributed by atoms with Gasteiger partial charge >= 0.3 is 6.18 Å². The van der Waals surface area contributed by atoms with Crippen molar-refractivity contribution < 1.29 is 27.4 Å². The summed E-state index contributed by atoms with van der Waals surface area (Å²) < 4.78 is 49.3. The van der Waals surface area contributed by atoms with Crippen molar-refractivity contribution in [2.24, 2.45) is 5.92 Å². The third-order valence-electron chi connectivity index (χ3n) is 4.12. The standard InChI is InChI=1S/C17H22F3NO3/c1-4-24-15-9-13(7-8-14(15)23-3)16(22)21(10-17(18,19)20)11(2)12-5-6-12/h7-9,11-12H,4-6,10H2,1-3H3. The Hall–Kier alpha value is -1.92. The van der Waals surface area contributed by atoms with E-state index in [4.69, 9.17) is 9.47 Å². The van der Waals surface area contributed by atoms with Gasteiger partial charge in [-0.15, -0.1) is 0 Å². The summed E-state index contributed by atoms with van der Waals surface area (Å²) in [4.78, 5) is 13.6. The maximum absolute atomic E-state index is 12.9. The molecule has 4 nitrogen and oxygen atoms in total. The van der Waals surface area contributed by atoms with Gasteiger partial charge in [-0.05, 0) is 50.8 Å². The van der Waals surface area contributed by atoms with Gasteiger partial charge in [0.05, 0.1) is 13.7 Å². The number of hydrogen-bond donors (Lipinski definition) is 0. The van der Waals surface area contributed by atoms with E-state index in [9.17, 15) is 18.0 Å². The van der Waals surface area contributed by atoms with Crippen LogP contribution in [0, 0.1) is 5.92 Å². The average Bonchev–Trinajstić information content (AvgIpc) is 3.35. The lowest BCUT2D eigenvalue weighted by molar-refractivity contribution is -0.144. The molecule has 1 unspecified atom stereocenters. The lowest BCUT2D eigenvalue weighted by Crippen LogP contribution is -2.45. The third-order valence-corrected chi connectivity index (χ3v) is 4.12. The average molecular weight is 345 g/mol. The Morgan fingerprint density at radius 1 is 1.33 bits per heavy atom. The fraction of sp³-hybridized carbons (Fsp3) is 0.588. The van der Waals surface area contributed by atoms with Crippen LogP contribution in [-0.2, 0) is 0 Å². The number of methoxy groups -OCH3 is 1. The molecule has 0 heterocycles. The van der Waals surface area contributed by atoms with Gasteiger partial charge in [-0.1, -0.05) is 0 Å². The van der Waals surface area contributed by atoms with Gasteiger partial charge in [0.2, 0.25) is 0 Å². The molecule has 0 spiro atoms. The highest BCUT2D eigenvalue weighted by molar-refractivity contribution is 5.95. The second-order valence-electron chi connectivity index (χ2n) is 5.92. The van der Waals surface area contributed by atoms with E-state index < -0.39 is 24.7 Å². The molecular weight excluding hydrogens is 323 g/mol. The smallest absolute Gasteiger partial charge is 0.406 e. The number of alkyl halides is 3. The first kappa shape index (κ1) is 18.4. The summed E-state index contributed by atoms with van der Waals surface area (Å²) in [6.45, 7) is 2.56. The first-order valence-electron chi connectivity index (χ1n) is 7.95. The highest BCUT2D eigenvalue weighted by Crippen LogP contribution is 2.37. The molecule has 0 aliphatic heterocycles. The fourth-order valence-corrected chi connectivity index (χ4v) is 2.67. The minimum absolute atomic E-state index is 0.140. The van der Waals surface area contributed by atoms with Crippen molar-refractivity contribution >= 4 is 5.91 Å². The Bertz CT molecular complexity index is 585. The van der Waals surface area contributed by atoms with Crippen LogP contribution >= 0.6 is 0 Å². The maximum atomic E-state index is 12.9. The number of amides is 1. The summed E-state index contributed by atoms with van der Waals surface area (Å²) >= 11 is 0. The molecule has 1 atom stereocenters. The number of carbonyl (C=O) groups excluding carboxylic acids is 1. The summed E-state index contributed by atoms with van der Waals surface area (Å²) in [5, 5.41) is 0. The summed E-state index contributed by atoms with van der Waals surface area (Å²) in [7, 11) is 1.46. The summed E-state index contributed by atoms with van der Waals surface area (Å²) in [5.74, 6) is 0.277. The molecule has 1 aromatic carbocycles. The molecule has 1 aliphatic carbocycles. The first-order chi connectivity index (χ1) is 11.3. The largest absolute Gasteiger partial charge is 0.493 e. The number of halogens is 3. The topological polar surface area (TPSA) is 38.8 Å². The van der Waals surface area contributed by atoms with Crippen LogP contribution in [-0.4, -0.2) is 43.3 Å². The molecule has 1 amide bonds. The van der Waals surface area contributed by atoms with Crippen molar-refractivity contribution in [3.63, 3.8) is 0 Å². The fourth-order valence-electron chi connectivity index (χ4n) is 2.67. The second-order valence-corrected chi connectivity index (χ2v) is 5.92. The molecule has 1 aromatic rings. The molecule has 1 saturated carbocycles. The van der Waals surface area contributed by atoms with E-state index in [0.717, 1.165) is 17.7 Å². The van der Waals surface area contributed by atoms with Crippen molar-refractivity contribution in [2.75, 3.05) is 20.3 Å². The molecule has 0 bridgehead atoms. The summed E-state index contributed by atoms with van der Waals surface area (Å²) in [5.41, 5.74) is 0.163. The predicted octanol–water partition coefficient (Wildman–Crippen LogP) is 3.90. The SMILES string of the molecule is CCOc1cc(C(=O)N(CC(F)(F)F)C(C)C2CC2)ccc1OC. The minimum Gasteiger partial charge on any atom is -0.493 e. The third kappa shape index (κ3) is 4.55. The molecule has 0 aromatic heterocycles. The molecule has 1 fully saturated rings. The Morgan fingerprint density at radius 2 is 2.00 bits per heavy atom. The van der Waals surface area contributed by atoms with Crippen molar-refractivity contribution in [1.82, 2.24) is 4.90 Å². The Kier molecular flexibility index (Phi) is 5.62. The quantitative estimate of drug-likeness (QED) is 0.752. The molecule has 134 valence electrons. The number of ether oxygens (including phenoxy) is 2. The molecule has 0 saturated heterocycles. The van der Waals surface area contributed by atoms with Gasteiger partial charge in [-0.3, -0.25) is 4.79 Å². The molecule has 7 heteroatoms. The lowest BCUT2D eigenvalue weighted by atomic mass is 10.1. The van der Waals surface area contributed by atoms with E-state index in [0.29, 0.717) is 18.1 Å². The molecule has 0 N–H and O–H groups in total. The Morgan fingerprint density at radius 3 is 2.50 bits per heavy atom. The maximum Gasteiger partial charge on any atom is 0.406 e. The van der Waals surface area contributed by atoms with Crippen molar-refractivity contribution in [3.05, 3.63) is 23.8 Å². The van der Waals surface area contributed by atoms with Crippen molar-refractivity contribution in [1.29, 1.82) is 0 Å². The normalized spacial score (nSPS) is 15.8. The zero-order valence-electron chi connectivity index (χ0n) is 14.0. The van der Waals surface area contributed by atoms with Gasteiger partial charge in [0.1, 0.15) is 6.54 Å². The molecule has 24 heavy (non-hydrogen) atoms. The number of benzene rings is 1. The second kappa shape index (κ2) is 7.32. The van der Waals surface area contributed by atoms with Crippen molar-refractivity contribution in [2.45, 2.75) is 38.9 Å². The predicted molar refractivity (Wildman–Crippen MR) is 83.4 cm³/mol.